The second kappa shape index (κ2) is 7.91. The first-order valence-electron chi connectivity index (χ1n) is 8.58. The van der Waals surface area contributed by atoms with Crippen LogP contribution in [0.3, 0.4) is 0 Å². The Balaban J connectivity index is 1.93. The number of fused-ring (bicyclic) bond motifs is 1. The van der Waals surface area contributed by atoms with E-state index in [4.69, 9.17) is 11.5 Å². The Hall–Kier alpha value is -3.01. The van der Waals surface area contributed by atoms with Crippen molar-refractivity contribution in [3.63, 3.8) is 0 Å². The maximum Gasteiger partial charge on any atom is 0.255 e. The molecule has 0 saturated heterocycles. The molecule has 0 aliphatic heterocycles. The highest BCUT2D eigenvalue weighted by molar-refractivity contribution is 6.05. The van der Waals surface area contributed by atoms with Crippen molar-refractivity contribution in [3.8, 4) is 11.5 Å². The fourth-order valence-corrected chi connectivity index (χ4v) is 2.84. The molecule has 0 fully saturated rings. The van der Waals surface area contributed by atoms with Crippen LogP contribution in [0.1, 0.15) is 36.5 Å². The minimum atomic E-state index is -0.191. The predicted molar refractivity (Wildman–Crippen MR) is 96.1 cm³/mol. The van der Waals surface area contributed by atoms with E-state index in [0.29, 0.717) is 47.7 Å². The first kappa shape index (κ1) is 17.8. The highest BCUT2D eigenvalue weighted by Crippen LogP contribution is 2.28. The molecule has 3 heterocycles. The van der Waals surface area contributed by atoms with Gasteiger partial charge in [0, 0.05) is 19.3 Å². The summed E-state index contributed by atoms with van der Waals surface area (Å²) in [5.74, 6) is 0.448. The Kier molecular flexibility index (Phi) is 5.42. The molecule has 0 saturated carbocycles. The van der Waals surface area contributed by atoms with Crippen molar-refractivity contribution in [2.45, 2.75) is 32.7 Å². The third kappa shape index (κ3) is 3.36. The molecule has 0 aliphatic carbocycles. The summed E-state index contributed by atoms with van der Waals surface area (Å²) in [6.45, 7) is 3.76. The lowest BCUT2D eigenvalue weighted by molar-refractivity contribution is 0.0954. The normalized spacial score (nSPS) is 11.2. The van der Waals surface area contributed by atoms with E-state index in [2.05, 4.69) is 30.2 Å². The Morgan fingerprint density at radius 2 is 2.12 bits per heavy atom. The van der Waals surface area contributed by atoms with E-state index in [1.807, 2.05) is 11.5 Å². The van der Waals surface area contributed by atoms with Gasteiger partial charge in [0.1, 0.15) is 5.52 Å². The molecule has 0 unspecified atom stereocenters. The van der Waals surface area contributed by atoms with Crippen LogP contribution in [0.15, 0.2) is 17.0 Å². The van der Waals surface area contributed by atoms with E-state index < -0.39 is 0 Å². The zero-order chi connectivity index (χ0) is 18.5. The van der Waals surface area contributed by atoms with Crippen molar-refractivity contribution < 1.29 is 9.42 Å². The Labute approximate surface area is 149 Å². The minimum Gasteiger partial charge on any atom is -0.379 e. The van der Waals surface area contributed by atoms with Crippen LogP contribution >= 0.6 is 0 Å². The van der Waals surface area contributed by atoms with E-state index in [1.54, 1.807) is 12.4 Å². The molecule has 0 bridgehead atoms. The molecule has 0 atom stereocenters. The van der Waals surface area contributed by atoms with E-state index in [9.17, 15) is 4.79 Å². The molecule has 0 radical (unpaired) electrons. The number of hydrogen-bond donors (Lipinski definition) is 3. The van der Waals surface area contributed by atoms with Crippen LogP contribution in [0.25, 0.3) is 22.6 Å². The third-order valence-electron chi connectivity index (χ3n) is 4.10. The number of aromatic nitrogens is 5. The number of imidazole rings is 1. The summed E-state index contributed by atoms with van der Waals surface area (Å²) in [5.41, 5.74) is 13.3. The van der Waals surface area contributed by atoms with Crippen LogP contribution in [0.2, 0.25) is 0 Å². The zero-order valence-electron chi connectivity index (χ0n) is 14.6. The first-order valence-corrected chi connectivity index (χ1v) is 8.58. The molecule has 0 aromatic carbocycles. The van der Waals surface area contributed by atoms with E-state index >= 15 is 0 Å². The SMILES string of the molecule is CCn1c(-c2nonc2N)nc2cncc(C(=O)NCCCCCN)c21. The number of nitrogen functional groups attached to an aromatic ring is 1. The largest absolute Gasteiger partial charge is 0.379 e. The lowest BCUT2D eigenvalue weighted by Gasteiger charge is -2.09. The fourth-order valence-electron chi connectivity index (χ4n) is 2.84. The molecule has 138 valence electrons. The van der Waals surface area contributed by atoms with Crippen molar-refractivity contribution in [3.05, 3.63) is 18.0 Å². The van der Waals surface area contributed by atoms with Gasteiger partial charge in [-0.05, 0) is 36.6 Å². The molecule has 1 amide bonds. The number of aryl methyl sites for hydroxylation is 1. The minimum absolute atomic E-state index is 0.147. The monoisotopic (exact) mass is 358 g/mol. The van der Waals surface area contributed by atoms with Gasteiger partial charge in [-0.1, -0.05) is 6.42 Å². The van der Waals surface area contributed by atoms with Crippen molar-refractivity contribution in [2.24, 2.45) is 5.73 Å². The lowest BCUT2D eigenvalue weighted by atomic mass is 10.2. The molecule has 10 nitrogen and oxygen atoms in total. The number of nitrogens with zero attached hydrogens (tertiary/aromatic N) is 5. The standard InChI is InChI=1S/C16H22N8O2/c1-2-24-13-10(16(25)20-7-5-3-4-6-17)8-19-9-11(13)21-15(24)12-14(18)23-26-22-12/h8-9H,2-7,17H2,1H3,(H2,18,23)(H,20,25). The van der Waals surface area contributed by atoms with Gasteiger partial charge in [-0.2, -0.15) is 0 Å². The maximum atomic E-state index is 12.6. The molecule has 3 aromatic rings. The summed E-state index contributed by atoms with van der Waals surface area (Å²) in [6, 6.07) is 0. The average molecular weight is 358 g/mol. The van der Waals surface area contributed by atoms with Gasteiger partial charge in [-0.25, -0.2) is 9.61 Å². The molecule has 3 rings (SSSR count). The van der Waals surface area contributed by atoms with Gasteiger partial charge in [0.2, 0.25) is 0 Å². The van der Waals surface area contributed by atoms with Crippen molar-refractivity contribution in [1.82, 2.24) is 30.2 Å². The predicted octanol–water partition coefficient (Wildman–Crippen LogP) is 0.942. The number of hydrogen-bond acceptors (Lipinski definition) is 8. The van der Waals surface area contributed by atoms with Gasteiger partial charge in [0.05, 0.1) is 17.3 Å². The second-order valence-electron chi connectivity index (χ2n) is 5.84. The maximum absolute atomic E-state index is 12.6. The number of carbonyl (C=O) groups is 1. The summed E-state index contributed by atoms with van der Waals surface area (Å²) < 4.78 is 6.53. The lowest BCUT2D eigenvalue weighted by Crippen LogP contribution is -2.25. The van der Waals surface area contributed by atoms with Crippen LogP contribution in [0.4, 0.5) is 5.82 Å². The molecule has 3 aromatic heterocycles. The number of unbranched alkanes of at least 4 members (excludes halogenated alkanes) is 2. The number of pyridine rings is 1. The van der Waals surface area contributed by atoms with Gasteiger partial charge in [-0.3, -0.25) is 9.78 Å². The molecular weight excluding hydrogens is 336 g/mol. The topological polar surface area (TPSA) is 151 Å². The van der Waals surface area contributed by atoms with Gasteiger partial charge in [-0.15, -0.1) is 0 Å². The van der Waals surface area contributed by atoms with Gasteiger partial charge in [0.15, 0.2) is 17.3 Å². The van der Waals surface area contributed by atoms with Crippen LogP contribution in [0.5, 0.6) is 0 Å². The highest BCUT2D eigenvalue weighted by atomic mass is 16.6. The van der Waals surface area contributed by atoms with Crippen LogP contribution in [-0.4, -0.2) is 43.8 Å². The first-order chi connectivity index (χ1) is 12.7. The fraction of sp³-hybridized carbons (Fsp3) is 0.438. The van der Waals surface area contributed by atoms with Crippen LogP contribution < -0.4 is 16.8 Å². The number of amides is 1. The molecule has 0 aliphatic rings. The Bertz CT molecular complexity index is 901. The summed E-state index contributed by atoms with van der Waals surface area (Å²) in [5, 5.41) is 10.3. The molecule has 10 heteroatoms. The van der Waals surface area contributed by atoms with Crippen molar-refractivity contribution in [2.75, 3.05) is 18.8 Å². The number of anilines is 1. The summed E-state index contributed by atoms with van der Waals surface area (Å²) in [6.07, 6.45) is 5.96. The van der Waals surface area contributed by atoms with Gasteiger partial charge in [0.25, 0.3) is 5.91 Å². The molecule has 26 heavy (non-hydrogen) atoms. The Morgan fingerprint density at radius 1 is 1.27 bits per heavy atom. The summed E-state index contributed by atoms with van der Waals surface area (Å²) in [4.78, 5) is 21.3. The molecule has 0 spiro atoms. The highest BCUT2D eigenvalue weighted by Gasteiger charge is 2.22. The number of carbonyl (C=O) groups excluding carboxylic acids is 1. The quantitative estimate of drug-likeness (QED) is 0.503. The average Bonchev–Trinajstić information content (AvgIpc) is 3.23. The van der Waals surface area contributed by atoms with Gasteiger partial charge < -0.3 is 21.4 Å². The van der Waals surface area contributed by atoms with Crippen LogP contribution in [0, 0.1) is 0 Å². The molecule has 5 N–H and O–H groups in total. The van der Waals surface area contributed by atoms with Gasteiger partial charge >= 0.3 is 0 Å². The number of nitrogens with two attached hydrogens (primary N) is 2. The summed E-state index contributed by atoms with van der Waals surface area (Å²) >= 11 is 0. The van der Waals surface area contributed by atoms with Crippen LogP contribution in [-0.2, 0) is 6.54 Å². The van der Waals surface area contributed by atoms with E-state index in [0.717, 1.165) is 19.3 Å². The smallest absolute Gasteiger partial charge is 0.255 e. The zero-order valence-corrected chi connectivity index (χ0v) is 14.6. The van der Waals surface area contributed by atoms with Crippen molar-refractivity contribution >= 4 is 22.8 Å². The molecular formula is C16H22N8O2. The number of rotatable bonds is 8. The Morgan fingerprint density at radius 3 is 2.81 bits per heavy atom. The van der Waals surface area contributed by atoms with Crippen molar-refractivity contribution in [1.29, 1.82) is 0 Å². The third-order valence-corrected chi connectivity index (χ3v) is 4.10. The summed E-state index contributed by atoms with van der Waals surface area (Å²) in [7, 11) is 0. The number of nitrogens with one attached hydrogen (secondary N) is 1. The van der Waals surface area contributed by atoms with E-state index in [1.165, 1.54) is 0 Å². The second-order valence-corrected chi connectivity index (χ2v) is 5.84. The van der Waals surface area contributed by atoms with E-state index in [-0.39, 0.29) is 11.7 Å².